The Hall–Kier alpha value is -1.42. The van der Waals surface area contributed by atoms with Crippen molar-refractivity contribution in [2.45, 2.75) is 25.9 Å². The molecule has 0 unspecified atom stereocenters. The van der Waals surface area contributed by atoms with E-state index in [1.807, 2.05) is 6.07 Å². The highest BCUT2D eigenvalue weighted by atomic mass is 16.3. The number of pyridine rings is 1. The monoisotopic (exact) mass is 222 g/mol. The maximum atomic E-state index is 10.9. The second kappa shape index (κ2) is 6.23. The normalized spacial score (nSPS) is 12.2. The standard InChI is InChI=1S/C12H18N2O2/c1-10(15)14(2)8-4-6-12(16)11-5-3-7-13-9-11/h3,5,7,9,12,16H,4,6,8H2,1-2H3/t12-/m0/s1. The third kappa shape index (κ3) is 3.98. The molecule has 0 bridgehead atoms. The highest BCUT2D eigenvalue weighted by Crippen LogP contribution is 2.16. The zero-order valence-corrected chi connectivity index (χ0v) is 9.76. The van der Waals surface area contributed by atoms with Crippen LogP contribution in [0.4, 0.5) is 0 Å². The molecule has 0 fully saturated rings. The van der Waals surface area contributed by atoms with Crippen molar-refractivity contribution in [2.75, 3.05) is 13.6 Å². The minimum Gasteiger partial charge on any atom is -0.388 e. The van der Waals surface area contributed by atoms with Gasteiger partial charge in [-0.2, -0.15) is 0 Å². The SMILES string of the molecule is CC(=O)N(C)CCC[C@H](O)c1cccnc1. The highest BCUT2D eigenvalue weighted by molar-refractivity contribution is 5.72. The van der Waals surface area contributed by atoms with Crippen LogP contribution < -0.4 is 0 Å². The zero-order valence-electron chi connectivity index (χ0n) is 9.76. The predicted molar refractivity (Wildman–Crippen MR) is 61.7 cm³/mol. The number of carbonyl (C=O) groups excluding carboxylic acids is 1. The van der Waals surface area contributed by atoms with E-state index in [1.54, 1.807) is 30.4 Å². The van der Waals surface area contributed by atoms with E-state index in [0.717, 1.165) is 12.0 Å². The number of nitrogens with zero attached hydrogens (tertiary/aromatic N) is 2. The lowest BCUT2D eigenvalue weighted by Crippen LogP contribution is -2.25. The van der Waals surface area contributed by atoms with Crippen molar-refractivity contribution in [3.8, 4) is 0 Å². The van der Waals surface area contributed by atoms with Gasteiger partial charge < -0.3 is 10.0 Å². The summed E-state index contributed by atoms with van der Waals surface area (Å²) < 4.78 is 0. The van der Waals surface area contributed by atoms with Crippen molar-refractivity contribution in [2.24, 2.45) is 0 Å². The summed E-state index contributed by atoms with van der Waals surface area (Å²) in [4.78, 5) is 16.5. The van der Waals surface area contributed by atoms with Gasteiger partial charge in [0, 0.05) is 32.9 Å². The summed E-state index contributed by atoms with van der Waals surface area (Å²) in [6.45, 7) is 2.21. The van der Waals surface area contributed by atoms with E-state index in [4.69, 9.17) is 0 Å². The van der Waals surface area contributed by atoms with Crippen LogP contribution in [0.15, 0.2) is 24.5 Å². The highest BCUT2D eigenvalue weighted by Gasteiger charge is 2.08. The lowest BCUT2D eigenvalue weighted by Gasteiger charge is -2.16. The van der Waals surface area contributed by atoms with Gasteiger partial charge in [-0.15, -0.1) is 0 Å². The van der Waals surface area contributed by atoms with Gasteiger partial charge in [-0.1, -0.05) is 6.07 Å². The molecular formula is C12H18N2O2. The van der Waals surface area contributed by atoms with Crippen LogP contribution in [0.25, 0.3) is 0 Å². The van der Waals surface area contributed by atoms with Gasteiger partial charge in [0.1, 0.15) is 0 Å². The minimum atomic E-state index is -0.492. The Labute approximate surface area is 95.9 Å². The summed E-state index contributed by atoms with van der Waals surface area (Å²) in [6.07, 6.45) is 4.28. The van der Waals surface area contributed by atoms with Gasteiger partial charge in [0.2, 0.25) is 5.91 Å². The molecule has 1 aromatic heterocycles. The second-order valence-electron chi connectivity index (χ2n) is 3.88. The lowest BCUT2D eigenvalue weighted by atomic mass is 10.1. The van der Waals surface area contributed by atoms with Crippen LogP contribution in [0.3, 0.4) is 0 Å². The molecule has 1 aromatic rings. The molecule has 4 heteroatoms. The molecule has 1 atom stereocenters. The molecule has 0 aromatic carbocycles. The number of rotatable bonds is 5. The third-order valence-corrected chi connectivity index (χ3v) is 2.58. The average Bonchev–Trinajstić information content (AvgIpc) is 2.29. The first kappa shape index (κ1) is 12.6. The summed E-state index contributed by atoms with van der Waals surface area (Å²) >= 11 is 0. The zero-order chi connectivity index (χ0) is 12.0. The molecule has 1 rings (SSSR count). The maximum absolute atomic E-state index is 10.9. The molecule has 0 aliphatic heterocycles. The van der Waals surface area contributed by atoms with Crippen LogP contribution in [-0.4, -0.2) is 34.5 Å². The number of hydrogen-bond donors (Lipinski definition) is 1. The first-order chi connectivity index (χ1) is 7.61. The maximum Gasteiger partial charge on any atom is 0.219 e. The van der Waals surface area contributed by atoms with Crippen molar-refractivity contribution in [1.82, 2.24) is 9.88 Å². The van der Waals surface area contributed by atoms with E-state index in [0.29, 0.717) is 13.0 Å². The van der Waals surface area contributed by atoms with Gasteiger partial charge in [-0.25, -0.2) is 0 Å². The van der Waals surface area contributed by atoms with E-state index in [2.05, 4.69) is 4.98 Å². The Kier molecular flexibility index (Phi) is 4.92. The van der Waals surface area contributed by atoms with Crippen molar-refractivity contribution in [3.05, 3.63) is 30.1 Å². The predicted octanol–water partition coefficient (Wildman–Crippen LogP) is 1.37. The molecule has 1 heterocycles. The Morgan fingerprint density at radius 1 is 1.62 bits per heavy atom. The van der Waals surface area contributed by atoms with Crippen molar-refractivity contribution < 1.29 is 9.90 Å². The Balaban J connectivity index is 2.31. The molecule has 0 saturated carbocycles. The van der Waals surface area contributed by atoms with E-state index in [1.165, 1.54) is 6.92 Å². The first-order valence-corrected chi connectivity index (χ1v) is 5.41. The number of amides is 1. The van der Waals surface area contributed by atoms with Crippen LogP contribution in [0.5, 0.6) is 0 Å². The Bertz CT molecular complexity index is 327. The molecule has 88 valence electrons. The first-order valence-electron chi connectivity index (χ1n) is 5.41. The largest absolute Gasteiger partial charge is 0.388 e. The molecule has 0 radical (unpaired) electrons. The number of carbonyl (C=O) groups is 1. The Morgan fingerprint density at radius 2 is 2.38 bits per heavy atom. The fourth-order valence-corrected chi connectivity index (χ4v) is 1.42. The van der Waals surface area contributed by atoms with Crippen molar-refractivity contribution >= 4 is 5.91 Å². The topological polar surface area (TPSA) is 53.4 Å². The summed E-state index contributed by atoms with van der Waals surface area (Å²) in [6, 6.07) is 3.66. The molecule has 0 aliphatic rings. The van der Waals surface area contributed by atoms with Gasteiger partial charge in [0.15, 0.2) is 0 Å². The lowest BCUT2D eigenvalue weighted by molar-refractivity contribution is -0.127. The molecule has 4 nitrogen and oxygen atoms in total. The minimum absolute atomic E-state index is 0.0517. The van der Waals surface area contributed by atoms with Crippen LogP contribution in [-0.2, 0) is 4.79 Å². The number of aliphatic hydroxyl groups excluding tert-OH is 1. The summed E-state index contributed by atoms with van der Waals surface area (Å²) in [5, 5.41) is 9.83. The molecule has 1 N–H and O–H groups in total. The van der Waals surface area contributed by atoms with Crippen LogP contribution in [0.1, 0.15) is 31.4 Å². The van der Waals surface area contributed by atoms with Gasteiger partial charge >= 0.3 is 0 Å². The van der Waals surface area contributed by atoms with E-state index in [9.17, 15) is 9.90 Å². The van der Waals surface area contributed by atoms with Gasteiger partial charge in [-0.05, 0) is 24.5 Å². The summed E-state index contributed by atoms with van der Waals surface area (Å²) in [5.41, 5.74) is 0.827. The van der Waals surface area contributed by atoms with Crippen LogP contribution in [0.2, 0.25) is 0 Å². The second-order valence-corrected chi connectivity index (χ2v) is 3.88. The number of aromatic nitrogens is 1. The van der Waals surface area contributed by atoms with Crippen molar-refractivity contribution in [1.29, 1.82) is 0 Å². The van der Waals surface area contributed by atoms with Crippen LogP contribution >= 0.6 is 0 Å². The smallest absolute Gasteiger partial charge is 0.219 e. The van der Waals surface area contributed by atoms with E-state index in [-0.39, 0.29) is 5.91 Å². The molecular weight excluding hydrogens is 204 g/mol. The quantitative estimate of drug-likeness (QED) is 0.818. The average molecular weight is 222 g/mol. The number of aliphatic hydroxyl groups is 1. The third-order valence-electron chi connectivity index (χ3n) is 2.58. The fourth-order valence-electron chi connectivity index (χ4n) is 1.42. The Morgan fingerprint density at radius 3 is 2.94 bits per heavy atom. The summed E-state index contributed by atoms with van der Waals surface area (Å²) in [5.74, 6) is 0.0517. The van der Waals surface area contributed by atoms with Gasteiger partial charge in [0.05, 0.1) is 6.10 Å². The van der Waals surface area contributed by atoms with Crippen molar-refractivity contribution in [3.63, 3.8) is 0 Å². The molecule has 0 spiro atoms. The number of hydrogen-bond acceptors (Lipinski definition) is 3. The van der Waals surface area contributed by atoms with E-state index < -0.39 is 6.10 Å². The van der Waals surface area contributed by atoms with Gasteiger partial charge in [-0.3, -0.25) is 9.78 Å². The molecule has 0 aliphatic carbocycles. The molecule has 1 amide bonds. The van der Waals surface area contributed by atoms with Gasteiger partial charge in [0.25, 0.3) is 0 Å². The van der Waals surface area contributed by atoms with Crippen LogP contribution in [0, 0.1) is 0 Å². The fraction of sp³-hybridized carbons (Fsp3) is 0.500. The molecule has 16 heavy (non-hydrogen) atoms. The summed E-state index contributed by atoms with van der Waals surface area (Å²) in [7, 11) is 1.76. The molecule has 0 saturated heterocycles. The van der Waals surface area contributed by atoms with E-state index >= 15 is 0 Å².